The van der Waals surface area contributed by atoms with Gasteiger partial charge < -0.3 is 4.42 Å². The summed E-state index contributed by atoms with van der Waals surface area (Å²) in [6, 6.07) is 24.3. The number of hydrogen-bond donors (Lipinski definition) is 0. The highest BCUT2D eigenvalue weighted by Gasteiger charge is 2.33. The lowest BCUT2D eigenvalue weighted by Gasteiger charge is -2.12. The van der Waals surface area contributed by atoms with E-state index in [0.717, 1.165) is 16.5 Å². The molecule has 3 aromatic carbocycles. The maximum absolute atomic E-state index is 13.3. The van der Waals surface area contributed by atoms with Gasteiger partial charge in [-0.05, 0) is 17.7 Å². The van der Waals surface area contributed by atoms with Crippen molar-refractivity contribution in [2.24, 2.45) is 0 Å². The van der Waals surface area contributed by atoms with Crippen molar-refractivity contribution in [3.63, 3.8) is 0 Å². The molecule has 0 saturated carbocycles. The number of ketones is 1. The Bertz CT molecular complexity index is 1530. The molecule has 6 rings (SSSR count). The second-order valence-electron chi connectivity index (χ2n) is 7.06. The minimum Gasteiger partial charge on any atom is -0.422 e. The summed E-state index contributed by atoms with van der Waals surface area (Å²) < 4.78 is 5.60. The van der Waals surface area contributed by atoms with Crippen LogP contribution in [0.1, 0.15) is 15.9 Å². The number of pyridine rings is 1. The summed E-state index contributed by atoms with van der Waals surface area (Å²) in [7, 11) is 0. The van der Waals surface area contributed by atoms with E-state index in [0.29, 0.717) is 38.9 Å². The Hall–Kier alpha value is -4.05. The van der Waals surface area contributed by atoms with E-state index < -0.39 is 5.63 Å². The number of carbonyl (C=O) groups excluding carboxylic acids is 1. The number of nitrogens with zero attached hydrogens (tertiary/aromatic N) is 1. The van der Waals surface area contributed by atoms with Crippen molar-refractivity contribution in [1.82, 2.24) is 4.98 Å². The largest absolute Gasteiger partial charge is 0.422 e. The molecule has 2 heterocycles. The summed E-state index contributed by atoms with van der Waals surface area (Å²) >= 11 is 0. The van der Waals surface area contributed by atoms with E-state index in [1.165, 1.54) is 0 Å². The highest BCUT2D eigenvalue weighted by atomic mass is 16.4. The number of benzene rings is 3. The van der Waals surface area contributed by atoms with Crippen molar-refractivity contribution < 1.29 is 9.21 Å². The third-order valence-corrected chi connectivity index (χ3v) is 5.46. The van der Waals surface area contributed by atoms with Gasteiger partial charge in [0.05, 0.1) is 22.2 Å². The summed E-state index contributed by atoms with van der Waals surface area (Å²) in [5.74, 6) is -0.114. The minimum atomic E-state index is -0.489. The van der Waals surface area contributed by atoms with Gasteiger partial charge in [0, 0.05) is 22.1 Å². The van der Waals surface area contributed by atoms with Gasteiger partial charge in [0.25, 0.3) is 0 Å². The van der Waals surface area contributed by atoms with Gasteiger partial charge in [0.1, 0.15) is 5.58 Å². The fourth-order valence-corrected chi connectivity index (χ4v) is 4.21. The number of aromatic nitrogens is 1. The molecule has 0 atom stereocenters. The number of hydrogen-bond acceptors (Lipinski definition) is 4. The van der Waals surface area contributed by atoms with Gasteiger partial charge in [-0.1, -0.05) is 66.7 Å². The number of rotatable bonds is 1. The Kier molecular flexibility index (Phi) is 3.15. The molecule has 0 unspecified atom stereocenters. The lowest BCUT2D eigenvalue weighted by molar-refractivity contribution is 0.104. The molecule has 1 aliphatic rings. The molecular weight excluding hydrogens is 362 g/mol. The van der Waals surface area contributed by atoms with Crippen LogP contribution in [0.5, 0.6) is 0 Å². The van der Waals surface area contributed by atoms with Crippen LogP contribution in [-0.4, -0.2) is 10.8 Å². The molecule has 29 heavy (non-hydrogen) atoms. The topological polar surface area (TPSA) is 60.2 Å². The summed E-state index contributed by atoms with van der Waals surface area (Å²) in [6.45, 7) is 0. The number of carbonyl (C=O) groups is 1. The molecule has 4 heteroatoms. The van der Waals surface area contributed by atoms with Gasteiger partial charge in [-0.25, -0.2) is 9.78 Å². The second-order valence-corrected chi connectivity index (χ2v) is 7.06. The minimum absolute atomic E-state index is 0.114. The zero-order valence-electron chi connectivity index (χ0n) is 15.2. The molecule has 0 N–H and O–H groups in total. The fourth-order valence-electron chi connectivity index (χ4n) is 4.21. The quantitative estimate of drug-likeness (QED) is 0.292. The van der Waals surface area contributed by atoms with Gasteiger partial charge in [-0.3, -0.25) is 4.79 Å². The predicted molar refractivity (Wildman–Crippen MR) is 112 cm³/mol. The molecule has 0 saturated heterocycles. The van der Waals surface area contributed by atoms with Crippen molar-refractivity contribution >= 4 is 27.7 Å². The Balaban J connectivity index is 1.91. The lowest BCUT2D eigenvalue weighted by atomic mass is 9.94. The zero-order chi connectivity index (χ0) is 19.5. The molecule has 2 aromatic heterocycles. The van der Waals surface area contributed by atoms with Crippen LogP contribution in [0.25, 0.3) is 44.3 Å². The van der Waals surface area contributed by atoms with Crippen LogP contribution >= 0.6 is 0 Å². The Labute approximate surface area is 165 Å². The first kappa shape index (κ1) is 16.0. The molecule has 0 radical (unpaired) electrons. The fraction of sp³-hybridized carbons (Fsp3) is 0. The van der Waals surface area contributed by atoms with E-state index in [4.69, 9.17) is 9.40 Å². The van der Waals surface area contributed by atoms with Crippen LogP contribution in [0.2, 0.25) is 0 Å². The van der Waals surface area contributed by atoms with Crippen LogP contribution < -0.4 is 5.63 Å². The average molecular weight is 375 g/mol. The SMILES string of the molecule is O=C1c2ccccc2-c2nc3c(c(-c4ccccc4)c21)c(=O)oc1ccccc13. The Morgan fingerprint density at radius 3 is 2.21 bits per heavy atom. The summed E-state index contributed by atoms with van der Waals surface area (Å²) in [4.78, 5) is 31.2. The van der Waals surface area contributed by atoms with E-state index in [2.05, 4.69) is 0 Å². The first-order valence-electron chi connectivity index (χ1n) is 9.33. The molecule has 0 fully saturated rings. The first-order valence-corrected chi connectivity index (χ1v) is 9.33. The van der Waals surface area contributed by atoms with Crippen molar-refractivity contribution in [2.75, 3.05) is 0 Å². The molecule has 4 nitrogen and oxygen atoms in total. The highest BCUT2D eigenvalue weighted by Crippen LogP contribution is 2.43. The molecule has 1 aliphatic carbocycles. The molecule has 0 aliphatic heterocycles. The standard InChI is InChI=1S/C25H13NO3/c27-24-16-11-5-4-10-15(16)22-20(24)19(14-8-2-1-3-9-14)21-23(26-22)17-12-6-7-13-18(17)29-25(21)28/h1-13H. The average Bonchev–Trinajstić information content (AvgIpc) is 3.05. The normalized spacial score (nSPS) is 12.3. The Morgan fingerprint density at radius 2 is 1.38 bits per heavy atom. The number of fused-ring (bicyclic) bond motifs is 6. The van der Waals surface area contributed by atoms with Crippen molar-refractivity contribution in [1.29, 1.82) is 0 Å². The lowest BCUT2D eigenvalue weighted by Crippen LogP contribution is -2.08. The summed E-state index contributed by atoms with van der Waals surface area (Å²) in [5.41, 5.74) is 4.41. The van der Waals surface area contributed by atoms with Gasteiger partial charge >= 0.3 is 5.63 Å². The Morgan fingerprint density at radius 1 is 0.690 bits per heavy atom. The van der Waals surface area contributed by atoms with Crippen LogP contribution in [0, 0.1) is 0 Å². The third kappa shape index (κ3) is 2.11. The summed E-state index contributed by atoms with van der Waals surface area (Å²) in [6.07, 6.45) is 0. The number of para-hydroxylation sites is 1. The van der Waals surface area contributed by atoms with Crippen LogP contribution in [-0.2, 0) is 0 Å². The smallest absolute Gasteiger partial charge is 0.346 e. The predicted octanol–water partition coefficient (Wildman–Crippen LogP) is 5.22. The molecule has 0 spiro atoms. The maximum atomic E-state index is 13.3. The van der Waals surface area contributed by atoms with E-state index in [1.54, 1.807) is 12.1 Å². The van der Waals surface area contributed by atoms with E-state index in [-0.39, 0.29) is 5.78 Å². The zero-order valence-corrected chi connectivity index (χ0v) is 15.2. The molecule has 0 amide bonds. The van der Waals surface area contributed by atoms with E-state index >= 15 is 0 Å². The third-order valence-electron chi connectivity index (χ3n) is 5.46. The van der Waals surface area contributed by atoms with Crippen molar-refractivity contribution in [2.45, 2.75) is 0 Å². The highest BCUT2D eigenvalue weighted by molar-refractivity contribution is 6.27. The first-order chi connectivity index (χ1) is 14.2. The molecular formula is C25H13NO3. The van der Waals surface area contributed by atoms with Crippen LogP contribution in [0.3, 0.4) is 0 Å². The van der Waals surface area contributed by atoms with Gasteiger partial charge in [-0.2, -0.15) is 0 Å². The maximum Gasteiger partial charge on any atom is 0.346 e. The molecule has 5 aromatic rings. The van der Waals surface area contributed by atoms with Gasteiger partial charge in [0.2, 0.25) is 0 Å². The molecule has 0 bridgehead atoms. The van der Waals surface area contributed by atoms with Gasteiger partial charge in [-0.15, -0.1) is 0 Å². The van der Waals surface area contributed by atoms with Gasteiger partial charge in [0.15, 0.2) is 5.78 Å². The molecule has 136 valence electrons. The van der Waals surface area contributed by atoms with Crippen LogP contribution in [0.15, 0.2) is 88.1 Å². The van der Waals surface area contributed by atoms with Crippen molar-refractivity contribution in [3.8, 4) is 22.4 Å². The van der Waals surface area contributed by atoms with E-state index in [9.17, 15) is 9.59 Å². The van der Waals surface area contributed by atoms with Crippen LogP contribution in [0.4, 0.5) is 0 Å². The van der Waals surface area contributed by atoms with Crippen molar-refractivity contribution in [3.05, 3.63) is 100 Å². The summed E-state index contributed by atoms with van der Waals surface area (Å²) in [5, 5.41) is 1.09. The monoisotopic (exact) mass is 375 g/mol. The second kappa shape index (κ2) is 5.72. The van der Waals surface area contributed by atoms with E-state index in [1.807, 2.05) is 66.7 Å².